The van der Waals surface area contributed by atoms with Gasteiger partial charge in [0.2, 0.25) is 5.76 Å². The Morgan fingerprint density at radius 1 is 1.91 bits per heavy atom. The number of ether oxygens (including phenoxy) is 1. The molecule has 0 aliphatic rings. The molecule has 0 aliphatic carbocycles. The molecular formula is C6H8NNaO3. The number of aliphatic hydroxyl groups excluding tert-OH is 1. The minimum atomic E-state index is -0.871. The van der Waals surface area contributed by atoms with Crippen LogP contribution < -0.4 is 29.6 Å². The van der Waals surface area contributed by atoms with Crippen molar-refractivity contribution in [2.45, 2.75) is 6.92 Å². The van der Waals surface area contributed by atoms with E-state index in [2.05, 4.69) is 4.74 Å². The van der Waals surface area contributed by atoms with Crippen LogP contribution in [0.15, 0.2) is 11.8 Å². The molecule has 0 unspecified atom stereocenters. The van der Waals surface area contributed by atoms with E-state index in [1.807, 2.05) is 0 Å². The molecule has 0 spiro atoms. The largest absolute Gasteiger partial charge is 1.00 e. The van der Waals surface area contributed by atoms with Crippen molar-refractivity contribution in [3.05, 3.63) is 11.8 Å². The number of hydrogen-bond donors (Lipinski definition) is 1. The Morgan fingerprint density at radius 2 is 2.45 bits per heavy atom. The number of rotatable bonds is 2. The Hall–Kier alpha value is -0.500. The van der Waals surface area contributed by atoms with Crippen LogP contribution in [0.25, 0.3) is 0 Å². The molecule has 0 saturated heterocycles. The second-order valence-electron chi connectivity index (χ2n) is 1.38. The molecule has 0 rings (SSSR count). The summed E-state index contributed by atoms with van der Waals surface area (Å²) in [6.45, 7) is 1.79. The van der Waals surface area contributed by atoms with Gasteiger partial charge in [-0.3, -0.25) is 0 Å². The van der Waals surface area contributed by atoms with E-state index in [9.17, 15) is 4.79 Å². The second-order valence-corrected chi connectivity index (χ2v) is 1.38. The standard InChI is InChI=1S/C6H7NO3.Na.H/c1-2-10-6(9)5(8)3-4-7;;/h3,8H,2H2,1H3;;/q;+1;-1. The maximum Gasteiger partial charge on any atom is 1.00 e. The first-order valence-corrected chi connectivity index (χ1v) is 2.68. The first kappa shape index (κ1) is 13.1. The fourth-order valence-electron chi connectivity index (χ4n) is 0.325. The van der Waals surface area contributed by atoms with Crippen LogP contribution in [-0.2, 0) is 9.53 Å². The fourth-order valence-corrected chi connectivity index (χ4v) is 0.325. The van der Waals surface area contributed by atoms with E-state index in [4.69, 9.17) is 10.4 Å². The van der Waals surface area contributed by atoms with Crippen LogP contribution in [-0.4, -0.2) is 17.7 Å². The third kappa shape index (κ3) is 5.92. The van der Waals surface area contributed by atoms with Crippen molar-refractivity contribution in [1.82, 2.24) is 0 Å². The molecular weight excluding hydrogens is 157 g/mol. The molecule has 0 amide bonds. The topological polar surface area (TPSA) is 70.3 Å². The Balaban J connectivity index is -0.000000405. The van der Waals surface area contributed by atoms with Gasteiger partial charge in [0.05, 0.1) is 18.8 Å². The maximum atomic E-state index is 10.4. The van der Waals surface area contributed by atoms with E-state index >= 15 is 0 Å². The Bertz CT molecular complexity index is 199. The van der Waals surface area contributed by atoms with E-state index in [0.29, 0.717) is 0 Å². The van der Waals surface area contributed by atoms with E-state index in [0.717, 1.165) is 6.08 Å². The van der Waals surface area contributed by atoms with Crippen LogP contribution in [0.3, 0.4) is 0 Å². The van der Waals surface area contributed by atoms with Gasteiger partial charge in [-0.2, -0.15) is 5.26 Å². The predicted molar refractivity (Wildman–Crippen MR) is 34.1 cm³/mol. The van der Waals surface area contributed by atoms with Crippen LogP contribution in [0.4, 0.5) is 0 Å². The molecule has 4 nitrogen and oxygen atoms in total. The van der Waals surface area contributed by atoms with Crippen LogP contribution >= 0.6 is 0 Å². The summed E-state index contributed by atoms with van der Waals surface area (Å²) < 4.78 is 4.35. The fraction of sp³-hybridized carbons (Fsp3) is 0.333. The van der Waals surface area contributed by atoms with Gasteiger partial charge < -0.3 is 11.3 Å². The number of hydrogen-bond acceptors (Lipinski definition) is 4. The van der Waals surface area contributed by atoms with E-state index in [1.54, 1.807) is 6.92 Å². The summed E-state index contributed by atoms with van der Waals surface area (Å²) >= 11 is 0. The van der Waals surface area contributed by atoms with Gasteiger partial charge in [0.1, 0.15) is 0 Å². The number of carbonyl (C=O) groups is 1. The van der Waals surface area contributed by atoms with Gasteiger partial charge in [-0.25, -0.2) is 4.79 Å². The molecule has 5 heteroatoms. The minimum Gasteiger partial charge on any atom is -1.00 e. The normalized spacial score (nSPS) is 9.27. The smallest absolute Gasteiger partial charge is 1.00 e. The molecule has 0 bridgehead atoms. The molecule has 0 radical (unpaired) electrons. The Labute approximate surface area is 88.2 Å². The van der Waals surface area contributed by atoms with Crippen LogP contribution in [0, 0.1) is 11.3 Å². The van der Waals surface area contributed by atoms with E-state index in [-0.39, 0.29) is 37.6 Å². The number of aliphatic hydroxyl groups is 1. The summed E-state index contributed by atoms with van der Waals surface area (Å²) in [4.78, 5) is 10.4. The predicted octanol–water partition coefficient (Wildman–Crippen LogP) is -2.37. The van der Waals surface area contributed by atoms with Crippen molar-refractivity contribution in [3.8, 4) is 6.07 Å². The first-order valence-electron chi connectivity index (χ1n) is 2.68. The van der Waals surface area contributed by atoms with Crippen molar-refractivity contribution >= 4 is 5.97 Å². The number of nitriles is 1. The molecule has 0 atom stereocenters. The maximum absolute atomic E-state index is 10.4. The quantitative estimate of drug-likeness (QED) is 0.163. The number of allylic oxidation sites excluding steroid dienone is 1. The van der Waals surface area contributed by atoms with Crippen LogP contribution in [0.1, 0.15) is 8.35 Å². The average molecular weight is 165 g/mol. The molecule has 0 aromatic carbocycles. The monoisotopic (exact) mass is 165 g/mol. The summed E-state index contributed by atoms with van der Waals surface area (Å²) in [5, 5.41) is 16.6. The summed E-state index contributed by atoms with van der Waals surface area (Å²) in [6, 6.07) is 1.49. The molecule has 0 aliphatic heterocycles. The van der Waals surface area contributed by atoms with Gasteiger partial charge in [0.25, 0.3) is 0 Å². The number of carbonyl (C=O) groups excluding carboxylic acids is 1. The molecule has 11 heavy (non-hydrogen) atoms. The Morgan fingerprint density at radius 3 is 2.82 bits per heavy atom. The minimum absolute atomic E-state index is 0. The third-order valence-corrected chi connectivity index (χ3v) is 0.686. The summed E-state index contributed by atoms with van der Waals surface area (Å²) in [6.07, 6.45) is 0.720. The molecule has 0 aromatic rings. The average Bonchev–Trinajstić information content (AvgIpc) is 1.89. The van der Waals surface area contributed by atoms with Gasteiger partial charge in [0.15, 0.2) is 0 Å². The van der Waals surface area contributed by atoms with Gasteiger partial charge in [-0.15, -0.1) is 0 Å². The zero-order valence-electron chi connectivity index (χ0n) is 7.50. The van der Waals surface area contributed by atoms with Crippen molar-refractivity contribution in [2.24, 2.45) is 0 Å². The van der Waals surface area contributed by atoms with Gasteiger partial charge in [-0.05, 0) is 6.92 Å². The van der Waals surface area contributed by atoms with Crippen molar-refractivity contribution in [2.75, 3.05) is 6.61 Å². The molecule has 0 fully saturated rings. The molecule has 1 N–H and O–H groups in total. The number of nitrogens with zero attached hydrogens (tertiary/aromatic N) is 1. The summed E-state index contributed by atoms with van der Waals surface area (Å²) in [5.74, 6) is -1.53. The van der Waals surface area contributed by atoms with Crippen molar-refractivity contribution in [1.29, 1.82) is 5.26 Å². The van der Waals surface area contributed by atoms with Crippen molar-refractivity contribution < 1.29 is 45.6 Å². The molecule has 56 valence electrons. The van der Waals surface area contributed by atoms with E-state index in [1.165, 1.54) is 6.07 Å². The Kier molecular flexibility index (Phi) is 9.07. The van der Waals surface area contributed by atoms with Crippen LogP contribution in [0.5, 0.6) is 0 Å². The van der Waals surface area contributed by atoms with Gasteiger partial charge in [0, 0.05) is 0 Å². The molecule has 0 heterocycles. The number of esters is 1. The SMILES string of the molecule is CCOC(=O)C(O)=CC#N.[H-].[Na+]. The van der Waals surface area contributed by atoms with Crippen LogP contribution in [0.2, 0.25) is 0 Å². The first-order chi connectivity index (χ1) is 4.72. The van der Waals surface area contributed by atoms with Gasteiger partial charge >= 0.3 is 35.5 Å². The second kappa shape index (κ2) is 7.61. The summed E-state index contributed by atoms with van der Waals surface area (Å²) in [7, 11) is 0. The zero-order valence-corrected chi connectivity index (χ0v) is 8.50. The molecule has 0 aromatic heterocycles. The zero-order chi connectivity index (χ0) is 7.98. The molecule has 0 saturated carbocycles. The summed E-state index contributed by atoms with van der Waals surface area (Å²) in [5.41, 5.74) is 0. The van der Waals surface area contributed by atoms with E-state index < -0.39 is 11.7 Å². The van der Waals surface area contributed by atoms with Crippen molar-refractivity contribution in [3.63, 3.8) is 0 Å². The van der Waals surface area contributed by atoms with Gasteiger partial charge in [-0.1, -0.05) is 0 Å². The third-order valence-electron chi connectivity index (χ3n) is 0.686.